The molecule has 3 rings (SSSR count). The molecule has 33 heavy (non-hydrogen) atoms. The van der Waals surface area contributed by atoms with Gasteiger partial charge in [0.15, 0.2) is 5.69 Å². The van der Waals surface area contributed by atoms with Crippen molar-refractivity contribution in [3.8, 4) is 0 Å². The number of hydrogen-bond donors (Lipinski definition) is 3. The zero-order valence-electron chi connectivity index (χ0n) is 18.4. The SMILES string of the molecule is COCC(C)N(C(=O)c1[nH]cnc1C(N)=O)C1CCC(C(=O)Nc2ccc(F)cc2Cl)CC1. The number of rotatable bonds is 8. The van der Waals surface area contributed by atoms with Gasteiger partial charge in [0.25, 0.3) is 11.8 Å². The van der Waals surface area contributed by atoms with Crippen LogP contribution in [0.15, 0.2) is 24.5 Å². The quantitative estimate of drug-likeness (QED) is 0.535. The molecular formula is C22H27ClFN5O4. The maximum Gasteiger partial charge on any atom is 0.273 e. The van der Waals surface area contributed by atoms with E-state index in [4.69, 9.17) is 22.1 Å². The number of imidazole rings is 1. The second-order valence-electron chi connectivity index (χ2n) is 8.13. The summed E-state index contributed by atoms with van der Waals surface area (Å²) in [5.41, 5.74) is 5.63. The molecule has 1 heterocycles. The fourth-order valence-corrected chi connectivity index (χ4v) is 4.48. The molecule has 4 N–H and O–H groups in total. The molecule has 0 bridgehead atoms. The standard InChI is InChI=1S/C22H27ClFN5O4/c1-12(10-33-2)29(22(32)19-18(20(25)30)26-11-27-19)15-6-3-13(4-7-15)21(31)28-17-8-5-14(24)9-16(17)23/h5,8-9,11-13,15H,3-4,6-7,10H2,1-2H3,(H2,25,30)(H,26,27)(H,28,31). The lowest BCUT2D eigenvalue weighted by molar-refractivity contribution is -0.121. The predicted molar refractivity (Wildman–Crippen MR) is 120 cm³/mol. The highest BCUT2D eigenvalue weighted by atomic mass is 35.5. The number of nitrogens with zero attached hydrogens (tertiary/aromatic N) is 2. The normalized spacial score (nSPS) is 19.0. The molecule has 2 aromatic rings. The van der Waals surface area contributed by atoms with Crippen molar-refractivity contribution in [2.75, 3.05) is 19.0 Å². The molecule has 1 unspecified atom stereocenters. The number of benzene rings is 1. The second-order valence-corrected chi connectivity index (χ2v) is 8.53. The van der Waals surface area contributed by atoms with E-state index in [2.05, 4.69) is 15.3 Å². The van der Waals surface area contributed by atoms with Crippen molar-refractivity contribution in [2.45, 2.75) is 44.7 Å². The molecule has 0 spiro atoms. The number of aromatic amines is 1. The number of halogens is 2. The molecule has 1 aromatic carbocycles. The maximum absolute atomic E-state index is 13.3. The van der Waals surface area contributed by atoms with Crippen molar-refractivity contribution in [2.24, 2.45) is 11.7 Å². The summed E-state index contributed by atoms with van der Waals surface area (Å²) in [7, 11) is 1.55. The van der Waals surface area contributed by atoms with Crippen molar-refractivity contribution in [1.82, 2.24) is 14.9 Å². The molecule has 0 saturated heterocycles. The fourth-order valence-electron chi connectivity index (χ4n) is 4.26. The maximum atomic E-state index is 13.3. The molecule has 0 aliphatic heterocycles. The first-order valence-electron chi connectivity index (χ1n) is 10.6. The Morgan fingerprint density at radius 1 is 1.33 bits per heavy atom. The summed E-state index contributed by atoms with van der Waals surface area (Å²) < 4.78 is 18.5. The zero-order valence-corrected chi connectivity index (χ0v) is 19.2. The summed E-state index contributed by atoms with van der Waals surface area (Å²) in [6.07, 6.45) is 3.51. The van der Waals surface area contributed by atoms with Crippen LogP contribution in [-0.2, 0) is 9.53 Å². The minimum absolute atomic E-state index is 0.0382. The van der Waals surface area contributed by atoms with Crippen LogP contribution < -0.4 is 11.1 Å². The van der Waals surface area contributed by atoms with Gasteiger partial charge in [-0.1, -0.05) is 11.6 Å². The number of anilines is 1. The summed E-state index contributed by atoms with van der Waals surface area (Å²) in [5, 5.41) is 2.89. The number of primary amides is 1. The van der Waals surface area contributed by atoms with Crippen molar-refractivity contribution in [1.29, 1.82) is 0 Å². The smallest absolute Gasteiger partial charge is 0.273 e. The first-order chi connectivity index (χ1) is 15.7. The third kappa shape index (κ3) is 5.69. The number of carbonyl (C=O) groups is 3. The topological polar surface area (TPSA) is 130 Å². The number of H-pyrrole nitrogens is 1. The lowest BCUT2D eigenvalue weighted by atomic mass is 9.84. The zero-order chi connectivity index (χ0) is 24.1. The number of hydrogen-bond acceptors (Lipinski definition) is 5. The number of amides is 3. The number of ether oxygens (including phenoxy) is 1. The van der Waals surface area contributed by atoms with E-state index in [1.54, 1.807) is 12.0 Å². The number of methoxy groups -OCH3 is 1. The Hall–Kier alpha value is -2.98. The molecule has 0 radical (unpaired) electrons. The van der Waals surface area contributed by atoms with Crippen LogP contribution in [0.25, 0.3) is 0 Å². The van der Waals surface area contributed by atoms with Crippen LogP contribution >= 0.6 is 11.6 Å². The minimum atomic E-state index is -0.793. The van der Waals surface area contributed by atoms with Gasteiger partial charge in [-0.25, -0.2) is 9.37 Å². The summed E-state index contributed by atoms with van der Waals surface area (Å²) in [5.74, 6) is -2.14. The van der Waals surface area contributed by atoms with Gasteiger partial charge in [-0.15, -0.1) is 0 Å². The van der Waals surface area contributed by atoms with E-state index >= 15 is 0 Å². The summed E-state index contributed by atoms with van der Waals surface area (Å²) in [6.45, 7) is 2.16. The molecule has 178 valence electrons. The Kier molecular flexibility index (Phi) is 8.04. The minimum Gasteiger partial charge on any atom is -0.383 e. The van der Waals surface area contributed by atoms with Gasteiger partial charge >= 0.3 is 0 Å². The van der Waals surface area contributed by atoms with Crippen LogP contribution in [0.1, 0.15) is 53.6 Å². The Morgan fingerprint density at radius 3 is 2.64 bits per heavy atom. The first-order valence-corrected chi connectivity index (χ1v) is 11.0. The summed E-state index contributed by atoms with van der Waals surface area (Å²) in [6, 6.07) is 3.36. The van der Waals surface area contributed by atoms with E-state index in [-0.39, 0.29) is 40.3 Å². The highest BCUT2D eigenvalue weighted by Gasteiger charge is 2.36. The van der Waals surface area contributed by atoms with Gasteiger partial charge in [-0.2, -0.15) is 0 Å². The number of carbonyl (C=O) groups excluding carboxylic acids is 3. The van der Waals surface area contributed by atoms with Gasteiger partial charge in [-0.05, 0) is 50.8 Å². The molecule has 11 heteroatoms. The number of nitrogens with two attached hydrogens (primary N) is 1. The molecule has 9 nitrogen and oxygen atoms in total. The fraction of sp³-hybridized carbons (Fsp3) is 0.455. The van der Waals surface area contributed by atoms with E-state index in [1.165, 1.54) is 18.5 Å². The molecule has 1 fully saturated rings. The van der Waals surface area contributed by atoms with Crippen molar-refractivity contribution in [3.05, 3.63) is 46.8 Å². The third-order valence-electron chi connectivity index (χ3n) is 5.85. The number of nitrogens with one attached hydrogen (secondary N) is 2. The van der Waals surface area contributed by atoms with E-state index < -0.39 is 17.6 Å². The van der Waals surface area contributed by atoms with Gasteiger partial charge in [-0.3, -0.25) is 14.4 Å². The average Bonchev–Trinajstić information content (AvgIpc) is 3.27. The van der Waals surface area contributed by atoms with E-state index in [9.17, 15) is 18.8 Å². The molecule has 1 aliphatic carbocycles. The van der Waals surface area contributed by atoms with Gasteiger partial charge in [0.05, 0.1) is 29.7 Å². The lowest BCUT2D eigenvalue weighted by Gasteiger charge is -2.39. The van der Waals surface area contributed by atoms with Crippen LogP contribution in [0.4, 0.5) is 10.1 Å². The highest BCUT2D eigenvalue weighted by molar-refractivity contribution is 6.33. The van der Waals surface area contributed by atoms with Crippen molar-refractivity contribution < 1.29 is 23.5 Å². The van der Waals surface area contributed by atoms with Gasteiger partial charge < -0.3 is 25.7 Å². The highest BCUT2D eigenvalue weighted by Crippen LogP contribution is 2.32. The van der Waals surface area contributed by atoms with Crippen LogP contribution in [-0.4, -0.2) is 58.4 Å². The third-order valence-corrected chi connectivity index (χ3v) is 6.17. The van der Waals surface area contributed by atoms with E-state index in [1.807, 2.05) is 6.92 Å². The molecule has 3 amide bonds. The van der Waals surface area contributed by atoms with Gasteiger partial charge in [0, 0.05) is 19.1 Å². The van der Waals surface area contributed by atoms with Crippen LogP contribution in [0.5, 0.6) is 0 Å². The van der Waals surface area contributed by atoms with Crippen LogP contribution in [0, 0.1) is 11.7 Å². The van der Waals surface area contributed by atoms with E-state index in [0.29, 0.717) is 38.0 Å². The lowest BCUT2D eigenvalue weighted by Crippen LogP contribution is -2.50. The molecule has 1 aliphatic rings. The van der Waals surface area contributed by atoms with Crippen LogP contribution in [0.3, 0.4) is 0 Å². The molecule has 1 saturated carbocycles. The molecule has 1 aromatic heterocycles. The Morgan fingerprint density at radius 2 is 2.03 bits per heavy atom. The largest absolute Gasteiger partial charge is 0.383 e. The molecular weight excluding hydrogens is 453 g/mol. The van der Waals surface area contributed by atoms with E-state index in [0.717, 1.165) is 6.07 Å². The van der Waals surface area contributed by atoms with Crippen LogP contribution in [0.2, 0.25) is 5.02 Å². The predicted octanol–water partition coefficient (Wildman–Crippen LogP) is 2.98. The van der Waals surface area contributed by atoms with Crippen molar-refractivity contribution in [3.63, 3.8) is 0 Å². The first kappa shape index (κ1) is 24.7. The van der Waals surface area contributed by atoms with Crippen molar-refractivity contribution >= 4 is 35.0 Å². The monoisotopic (exact) mass is 479 g/mol. The summed E-state index contributed by atoms with van der Waals surface area (Å²) >= 11 is 6.01. The molecule has 1 atom stereocenters. The summed E-state index contributed by atoms with van der Waals surface area (Å²) in [4.78, 5) is 46.0. The Labute approximate surface area is 195 Å². The average molecular weight is 480 g/mol. The second kappa shape index (κ2) is 10.8. The van der Waals surface area contributed by atoms with Gasteiger partial charge in [0.1, 0.15) is 11.5 Å². The Bertz CT molecular complexity index is 1020. The van der Waals surface area contributed by atoms with Gasteiger partial charge in [0.2, 0.25) is 5.91 Å². The number of aromatic nitrogens is 2. The Balaban J connectivity index is 1.70.